The number of halogens is 1. The SMILES string of the molecule is CC(C)c1ccc(/C=C/C(=O)NNC(=O)COc2ccccc2Cl)cc1. The summed E-state index contributed by atoms with van der Waals surface area (Å²) >= 11 is 5.93. The van der Waals surface area contributed by atoms with Crippen molar-refractivity contribution >= 4 is 29.5 Å². The van der Waals surface area contributed by atoms with Crippen LogP contribution in [0.1, 0.15) is 30.9 Å². The Kier molecular flexibility index (Phi) is 7.24. The minimum absolute atomic E-state index is 0.260. The van der Waals surface area contributed by atoms with Gasteiger partial charge >= 0.3 is 0 Å². The van der Waals surface area contributed by atoms with Crippen molar-refractivity contribution in [1.29, 1.82) is 0 Å². The van der Waals surface area contributed by atoms with Gasteiger partial charge in [0, 0.05) is 6.08 Å². The van der Waals surface area contributed by atoms with Gasteiger partial charge in [0.15, 0.2) is 6.61 Å². The molecule has 0 bridgehead atoms. The third-order valence-corrected chi connectivity index (χ3v) is 3.86. The Labute approximate surface area is 158 Å². The van der Waals surface area contributed by atoms with E-state index >= 15 is 0 Å². The number of rotatable bonds is 6. The van der Waals surface area contributed by atoms with E-state index in [9.17, 15) is 9.59 Å². The molecule has 2 rings (SSSR count). The van der Waals surface area contributed by atoms with Gasteiger partial charge in [-0.1, -0.05) is 61.8 Å². The lowest BCUT2D eigenvalue weighted by atomic mass is 10.0. The fourth-order valence-corrected chi connectivity index (χ4v) is 2.27. The van der Waals surface area contributed by atoms with Gasteiger partial charge in [0.2, 0.25) is 0 Å². The van der Waals surface area contributed by atoms with Crippen LogP contribution < -0.4 is 15.6 Å². The number of hydrogen-bond acceptors (Lipinski definition) is 3. The lowest BCUT2D eigenvalue weighted by Crippen LogP contribution is -2.43. The fraction of sp³-hybridized carbons (Fsp3) is 0.200. The quantitative estimate of drug-likeness (QED) is 0.600. The van der Waals surface area contributed by atoms with Gasteiger partial charge in [-0.15, -0.1) is 0 Å². The largest absolute Gasteiger partial charge is 0.482 e. The smallest absolute Gasteiger partial charge is 0.276 e. The van der Waals surface area contributed by atoms with Crippen LogP contribution in [0.3, 0.4) is 0 Å². The number of hydrogen-bond donors (Lipinski definition) is 2. The van der Waals surface area contributed by atoms with E-state index in [2.05, 4.69) is 24.7 Å². The van der Waals surface area contributed by atoms with Gasteiger partial charge in [0.1, 0.15) is 5.75 Å². The lowest BCUT2D eigenvalue weighted by molar-refractivity contribution is -0.128. The van der Waals surface area contributed by atoms with Crippen LogP contribution >= 0.6 is 11.6 Å². The highest BCUT2D eigenvalue weighted by Gasteiger charge is 2.06. The van der Waals surface area contributed by atoms with Crippen molar-refractivity contribution in [2.45, 2.75) is 19.8 Å². The van der Waals surface area contributed by atoms with Crippen LogP contribution in [0.5, 0.6) is 5.75 Å². The van der Waals surface area contributed by atoms with E-state index in [1.165, 1.54) is 11.6 Å². The van der Waals surface area contributed by atoms with Gasteiger partial charge in [-0.05, 0) is 35.3 Å². The molecule has 2 N–H and O–H groups in total. The third kappa shape index (κ3) is 6.26. The maximum atomic E-state index is 11.7. The molecule has 0 heterocycles. The maximum absolute atomic E-state index is 11.7. The predicted octanol–water partition coefficient (Wildman–Crippen LogP) is 3.70. The molecule has 0 atom stereocenters. The molecule has 0 fully saturated rings. The van der Waals surface area contributed by atoms with E-state index in [1.54, 1.807) is 30.3 Å². The van der Waals surface area contributed by atoms with E-state index in [-0.39, 0.29) is 6.61 Å². The van der Waals surface area contributed by atoms with Gasteiger partial charge in [0.25, 0.3) is 11.8 Å². The number of carbonyl (C=O) groups is 2. The first-order chi connectivity index (χ1) is 12.5. The number of ether oxygens (including phenoxy) is 1. The highest BCUT2D eigenvalue weighted by molar-refractivity contribution is 6.32. The van der Waals surface area contributed by atoms with Crippen molar-refractivity contribution in [2.75, 3.05) is 6.61 Å². The van der Waals surface area contributed by atoms with Crippen molar-refractivity contribution in [3.05, 3.63) is 70.8 Å². The van der Waals surface area contributed by atoms with E-state index in [1.807, 2.05) is 24.3 Å². The van der Waals surface area contributed by atoms with Gasteiger partial charge < -0.3 is 4.74 Å². The van der Waals surface area contributed by atoms with Crippen molar-refractivity contribution in [2.24, 2.45) is 0 Å². The normalized spacial score (nSPS) is 10.8. The molecule has 26 heavy (non-hydrogen) atoms. The van der Waals surface area contributed by atoms with E-state index in [0.29, 0.717) is 16.7 Å². The number of nitrogens with one attached hydrogen (secondary N) is 2. The second-order valence-corrected chi connectivity index (χ2v) is 6.32. The molecule has 0 aliphatic heterocycles. The average Bonchev–Trinajstić information content (AvgIpc) is 2.64. The Bertz CT molecular complexity index is 786. The van der Waals surface area contributed by atoms with Gasteiger partial charge in [-0.25, -0.2) is 0 Å². The van der Waals surface area contributed by atoms with Gasteiger partial charge in [-0.3, -0.25) is 20.4 Å². The topological polar surface area (TPSA) is 67.4 Å². The fourth-order valence-electron chi connectivity index (χ4n) is 2.08. The summed E-state index contributed by atoms with van der Waals surface area (Å²) in [7, 11) is 0. The van der Waals surface area contributed by atoms with Gasteiger partial charge in [-0.2, -0.15) is 0 Å². The molecule has 0 aromatic heterocycles. The monoisotopic (exact) mass is 372 g/mol. The molecule has 0 spiro atoms. The van der Waals surface area contributed by atoms with Crippen LogP contribution in [0, 0.1) is 0 Å². The lowest BCUT2D eigenvalue weighted by Gasteiger charge is -2.08. The predicted molar refractivity (Wildman–Crippen MR) is 103 cm³/mol. The summed E-state index contributed by atoms with van der Waals surface area (Å²) in [5.74, 6) is -0.0723. The molecule has 2 amide bonds. The zero-order chi connectivity index (χ0) is 18.9. The highest BCUT2D eigenvalue weighted by Crippen LogP contribution is 2.22. The molecule has 0 aliphatic rings. The molecular formula is C20H21ClN2O3. The van der Waals surface area contributed by atoms with Crippen molar-refractivity contribution in [3.63, 3.8) is 0 Å². The van der Waals surface area contributed by atoms with E-state index in [0.717, 1.165) is 5.56 Å². The van der Waals surface area contributed by atoms with Crippen LogP contribution in [0.25, 0.3) is 6.08 Å². The minimum atomic E-state index is -0.493. The van der Waals surface area contributed by atoms with Crippen LogP contribution in [-0.2, 0) is 9.59 Å². The molecule has 0 aliphatic carbocycles. The Hall–Kier alpha value is -2.79. The highest BCUT2D eigenvalue weighted by atomic mass is 35.5. The molecule has 0 radical (unpaired) electrons. The summed E-state index contributed by atoms with van der Waals surface area (Å²) < 4.78 is 5.28. The van der Waals surface area contributed by atoms with E-state index < -0.39 is 11.8 Å². The molecule has 5 nitrogen and oxygen atoms in total. The number of benzene rings is 2. The first-order valence-electron chi connectivity index (χ1n) is 8.20. The average molecular weight is 373 g/mol. The molecule has 0 unspecified atom stereocenters. The van der Waals surface area contributed by atoms with Crippen LogP contribution in [0.4, 0.5) is 0 Å². The van der Waals surface area contributed by atoms with Crippen molar-refractivity contribution in [1.82, 2.24) is 10.9 Å². The first-order valence-corrected chi connectivity index (χ1v) is 8.57. The number of hydrazine groups is 1. The zero-order valence-electron chi connectivity index (χ0n) is 14.7. The van der Waals surface area contributed by atoms with Crippen LogP contribution in [0.2, 0.25) is 5.02 Å². The Balaban J connectivity index is 1.75. The second-order valence-electron chi connectivity index (χ2n) is 5.91. The molecule has 6 heteroatoms. The number of amides is 2. The minimum Gasteiger partial charge on any atom is -0.482 e. The Morgan fingerprint density at radius 1 is 1.08 bits per heavy atom. The van der Waals surface area contributed by atoms with Crippen molar-refractivity contribution < 1.29 is 14.3 Å². The van der Waals surface area contributed by atoms with Gasteiger partial charge in [0.05, 0.1) is 5.02 Å². The molecule has 2 aromatic carbocycles. The number of carbonyl (C=O) groups excluding carboxylic acids is 2. The summed E-state index contributed by atoms with van der Waals surface area (Å²) in [4.78, 5) is 23.4. The molecule has 0 saturated carbocycles. The van der Waals surface area contributed by atoms with Crippen LogP contribution in [0.15, 0.2) is 54.6 Å². The summed E-state index contributed by atoms with van der Waals surface area (Å²) in [5, 5.41) is 0.413. The Morgan fingerprint density at radius 3 is 2.42 bits per heavy atom. The summed E-state index contributed by atoms with van der Waals surface area (Å²) in [6, 6.07) is 14.8. The molecule has 2 aromatic rings. The Morgan fingerprint density at radius 2 is 1.77 bits per heavy atom. The van der Waals surface area contributed by atoms with E-state index in [4.69, 9.17) is 16.3 Å². The maximum Gasteiger partial charge on any atom is 0.276 e. The summed E-state index contributed by atoms with van der Waals surface area (Å²) in [6.07, 6.45) is 3.02. The summed E-state index contributed by atoms with van der Waals surface area (Å²) in [6.45, 7) is 3.98. The molecular weight excluding hydrogens is 352 g/mol. The third-order valence-electron chi connectivity index (χ3n) is 3.55. The number of para-hydroxylation sites is 1. The van der Waals surface area contributed by atoms with Crippen LogP contribution in [-0.4, -0.2) is 18.4 Å². The standard InChI is InChI=1S/C20H21ClN2O3/c1-14(2)16-10-7-15(8-11-16)9-12-19(24)22-23-20(25)13-26-18-6-4-3-5-17(18)21/h3-12,14H,13H2,1-2H3,(H,22,24)(H,23,25)/b12-9+. The second kappa shape index (κ2) is 9.63. The summed E-state index contributed by atoms with van der Waals surface area (Å²) in [5.41, 5.74) is 6.70. The van der Waals surface area contributed by atoms with Crippen molar-refractivity contribution in [3.8, 4) is 5.75 Å². The zero-order valence-corrected chi connectivity index (χ0v) is 15.4. The molecule has 0 saturated heterocycles. The first kappa shape index (κ1) is 19.5. The molecule has 136 valence electrons.